The highest BCUT2D eigenvalue weighted by Gasteiger charge is 2.33. The molecule has 0 radical (unpaired) electrons. The summed E-state index contributed by atoms with van der Waals surface area (Å²) in [5, 5.41) is 9.57. The smallest absolute Gasteiger partial charge is 0.213 e. The van der Waals surface area contributed by atoms with Crippen LogP contribution in [0, 0.1) is 10.1 Å². The van der Waals surface area contributed by atoms with E-state index in [-0.39, 0.29) is 11.0 Å². The minimum absolute atomic E-state index is 0.176. The van der Waals surface area contributed by atoms with Gasteiger partial charge in [-0.3, -0.25) is 10.1 Å². The Morgan fingerprint density at radius 1 is 1.21 bits per heavy atom. The fraction of sp³-hybridized carbons (Fsp3) is 1.00. The molecule has 0 atom stereocenters. The maximum absolute atomic E-state index is 9.57. The Morgan fingerprint density at radius 3 is 1.71 bits per heavy atom. The van der Waals surface area contributed by atoms with E-state index >= 15 is 0 Å². The number of hydrogen-bond acceptors (Lipinski definition) is 3. The standard InChI is InChI=1S/C5H11N.C3H5NO2.C2H6/c1-6-4-2-3-5-6;5-4(6)3-1-2-3;1-2/h2-5H2,1H3;3H,1-2H2;1-2H3. The first-order valence-electron chi connectivity index (χ1n) is 5.52. The Morgan fingerprint density at radius 2 is 1.64 bits per heavy atom. The van der Waals surface area contributed by atoms with Crippen molar-refractivity contribution >= 4 is 0 Å². The Bertz CT molecular complexity index is 152. The highest BCUT2D eigenvalue weighted by Crippen LogP contribution is 2.21. The molecule has 84 valence electrons. The average molecular weight is 202 g/mol. The lowest BCUT2D eigenvalue weighted by molar-refractivity contribution is -0.494. The van der Waals surface area contributed by atoms with Crippen LogP contribution < -0.4 is 0 Å². The van der Waals surface area contributed by atoms with Crippen LogP contribution in [0.25, 0.3) is 0 Å². The predicted molar refractivity (Wildman–Crippen MR) is 58.1 cm³/mol. The van der Waals surface area contributed by atoms with E-state index < -0.39 is 0 Å². The zero-order valence-electron chi connectivity index (χ0n) is 9.53. The molecule has 0 aromatic rings. The third kappa shape index (κ3) is 6.83. The zero-order valence-corrected chi connectivity index (χ0v) is 9.53. The van der Waals surface area contributed by atoms with Crippen molar-refractivity contribution in [3.05, 3.63) is 10.1 Å². The summed E-state index contributed by atoms with van der Waals surface area (Å²) in [4.78, 5) is 11.7. The van der Waals surface area contributed by atoms with Crippen molar-refractivity contribution < 1.29 is 4.92 Å². The van der Waals surface area contributed by atoms with Crippen LogP contribution in [0.2, 0.25) is 0 Å². The lowest BCUT2D eigenvalue weighted by Gasteiger charge is -2.01. The van der Waals surface area contributed by atoms with Gasteiger partial charge in [-0.2, -0.15) is 0 Å². The van der Waals surface area contributed by atoms with Gasteiger partial charge in [0.1, 0.15) is 0 Å². The molecule has 1 aliphatic heterocycles. The quantitative estimate of drug-likeness (QED) is 0.483. The Labute approximate surface area is 86.4 Å². The molecule has 14 heavy (non-hydrogen) atoms. The number of rotatable bonds is 1. The monoisotopic (exact) mass is 202 g/mol. The van der Waals surface area contributed by atoms with Gasteiger partial charge in [0, 0.05) is 17.8 Å². The highest BCUT2D eigenvalue weighted by molar-refractivity contribution is 4.70. The molecule has 2 fully saturated rings. The van der Waals surface area contributed by atoms with Gasteiger partial charge in [-0.05, 0) is 33.0 Å². The molecular formula is C10H22N2O2. The maximum Gasteiger partial charge on any atom is 0.213 e. The van der Waals surface area contributed by atoms with Gasteiger partial charge in [-0.1, -0.05) is 13.8 Å². The molecule has 0 spiro atoms. The molecule has 0 aromatic heterocycles. The second-order valence-electron chi connectivity index (χ2n) is 3.53. The van der Waals surface area contributed by atoms with E-state index in [1.165, 1.54) is 25.9 Å². The van der Waals surface area contributed by atoms with E-state index in [9.17, 15) is 10.1 Å². The third-order valence-corrected chi connectivity index (χ3v) is 2.17. The molecule has 1 saturated carbocycles. The highest BCUT2D eigenvalue weighted by atomic mass is 16.6. The maximum atomic E-state index is 9.57. The van der Waals surface area contributed by atoms with Crippen LogP contribution in [0.5, 0.6) is 0 Å². The summed E-state index contributed by atoms with van der Waals surface area (Å²) < 4.78 is 0. The van der Waals surface area contributed by atoms with Crippen LogP contribution in [0.1, 0.15) is 39.5 Å². The minimum Gasteiger partial charge on any atom is -0.306 e. The fourth-order valence-corrected chi connectivity index (χ4v) is 1.16. The lowest BCUT2D eigenvalue weighted by Crippen LogP contribution is -2.10. The van der Waals surface area contributed by atoms with Gasteiger partial charge in [0.15, 0.2) is 0 Å². The van der Waals surface area contributed by atoms with Crippen LogP contribution in [0.15, 0.2) is 0 Å². The molecule has 2 aliphatic rings. The van der Waals surface area contributed by atoms with Crippen molar-refractivity contribution in [2.75, 3.05) is 20.1 Å². The lowest BCUT2D eigenvalue weighted by atomic mass is 10.4. The van der Waals surface area contributed by atoms with Gasteiger partial charge in [0.25, 0.3) is 0 Å². The van der Waals surface area contributed by atoms with Crippen molar-refractivity contribution in [1.29, 1.82) is 0 Å². The number of likely N-dealkylation sites (tertiary alicyclic amines) is 1. The molecular weight excluding hydrogens is 180 g/mol. The molecule has 4 nitrogen and oxygen atoms in total. The Kier molecular flexibility index (Phi) is 7.38. The first kappa shape index (κ1) is 13.4. The summed E-state index contributed by atoms with van der Waals surface area (Å²) >= 11 is 0. The van der Waals surface area contributed by atoms with E-state index in [0.29, 0.717) is 0 Å². The minimum atomic E-state index is -0.222. The van der Waals surface area contributed by atoms with Crippen molar-refractivity contribution in [2.45, 2.75) is 45.6 Å². The molecule has 2 rings (SSSR count). The summed E-state index contributed by atoms with van der Waals surface area (Å²) in [5.74, 6) is 0. The van der Waals surface area contributed by atoms with Gasteiger partial charge < -0.3 is 4.90 Å². The Balaban J connectivity index is 0.000000206. The van der Waals surface area contributed by atoms with Crippen LogP contribution in [0.3, 0.4) is 0 Å². The first-order chi connectivity index (χ1) is 6.70. The molecule has 0 unspecified atom stereocenters. The SMILES string of the molecule is CC.CN1CCCC1.O=[N+]([O-])C1CC1. The van der Waals surface area contributed by atoms with Gasteiger partial charge >= 0.3 is 0 Å². The van der Waals surface area contributed by atoms with Crippen LogP contribution in [-0.2, 0) is 0 Å². The summed E-state index contributed by atoms with van der Waals surface area (Å²) in [6.45, 7) is 6.64. The van der Waals surface area contributed by atoms with Crippen molar-refractivity contribution in [3.63, 3.8) is 0 Å². The van der Waals surface area contributed by atoms with Gasteiger partial charge in [0.05, 0.1) is 0 Å². The molecule has 0 amide bonds. The number of hydrogen-bond donors (Lipinski definition) is 0. The molecule has 1 saturated heterocycles. The average Bonchev–Trinajstić information content (AvgIpc) is 2.94. The van der Waals surface area contributed by atoms with E-state index in [1.54, 1.807) is 0 Å². The summed E-state index contributed by atoms with van der Waals surface area (Å²) in [5.41, 5.74) is 0. The molecule has 1 heterocycles. The molecule has 0 N–H and O–H groups in total. The molecule has 1 aliphatic carbocycles. The molecule has 4 heteroatoms. The number of nitro groups is 1. The van der Waals surface area contributed by atoms with E-state index in [0.717, 1.165) is 12.8 Å². The summed E-state index contributed by atoms with van der Waals surface area (Å²) in [6, 6.07) is -0.176. The predicted octanol–water partition coefficient (Wildman–Crippen LogP) is 2.16. The van der Waals surface area contributed by atoms with E-state index in [1.807, 2.05) is 13.8 Å². The van der Waals surface area contributed by atoms with Crippen LogP contribution >= 0.6 is 0 Å². The second kappa shape index (κ2) is 7.74. The molecule has 0 bridgehead atoms. The summed E-state index contributed by atoms with van der Waals surface area (Å²) in [7, 11) is 2.17. The fourth-order valence-electron chi connectivity index (χ4n) is 1.16. The first-order valence-corrected chi connectivity index (χ1v) is 5.52. The van der Waals surface area contributed by atoms with Gasteiger partial charge in [-0.25, -0.2) is 0 Å². The molecule has 0 aromatic carbocycles. The van der Waals surface area contributed by atoms with Crippen LogP contribution in [0.4, 0.5) is 0 Å². The zero-order chi connectivity index (χ0) is 11.0. The second-order valence-corrected chi connectivity index (χ2v) is 3.53. The van der Waals surface area contributed by atoms with Gasteiger partial charge in [-0.15, -0.1) is 0 Å². The topological polar surface area (TPSA) is 46.4 Å². The largest absolute Gasteiger partial charge is 0.306 e. The Hall–Kier alpha value is -0.640. The van der Waals surface area contributed by atoms with E-state index in [4.69, 9.17) is 0 Å². The van der Waals surface area contributed by atoms with Crippen molar-refractivity contribution in [2.24, 2.45) is 0 Å². The normalized spacial score (nSPS) is 20.2. The third-order valence-electron chi connectivity index (χ3n) is 2.17. The van der Waals surface area contributed by atoms with Crippen molar-refractivity contribution in [3.8, 4) is 0 Å². The number of nitrogens with zero attached hydrogens (tertiary/aromatic N) is 2. The summed E-state index contributed by atoms with van der Waals surface area (Å²) in [6.07, 6.45) is 4.42. The van der Waals surface area contributed by atoms with Crippen LogP contribution in [-0.4, -0.2) is 36.0 Å². The van der Waals surface area contributed by atoms with E-state index in [2.05, 4.69) is 11.9 Å². The van der Waals surface area contributed by atoms with Gasteiger partial charge in [0.2, 0.25) is 6.04 Å². The van der Waals surface area contributed by atoms with Crippen molar-refractivity contribution in [1.82, 2.24) is 4.90 Å².